The number of benzene rings is 1. The summed E-state index contributed by atoms with van der Waals surface area (Å²) in [5, 5.41) is 0. The van der Waals surface area contributed by atoms with Crippen molar-refractivity contribution in [2.24, 2.45) is 0 Å². The zero-order chi connectivity index (χ0) is 17.6. The molecule has 2 fully saturated rings. The van der Waals surface area contributed by atoms with Gasteiger partial charge in [0, 0.05) is 32.8 Å². The van der Waals surface area contributed by atoms with E-state index >= 15 is 0 Å². The van der Waals surface area contributed by atoms with E-state index in [0.29, 0.717) is 39.4 Å². The zero-order valence-electron chi connectivity index (χ0n) is 14.7. The molecular formula is C19H26N2O4. The van der Waals surface area contributed by atoms with E-state index in [1.54, 1.807) is 0 Å². The SMILES string of the molecule is CCOC(=O)[C@H](c1ccccc1)N1CCN(C(=O)[C@@H]2CCCO2)CC1. The molecule has 2 saturated heterocycles. The molecule has 0 bridgehead atoms. The summed E-state index contributed by atoms with van der Waals surface area (Å²) in [6.07, 6.45) is 1.49. The Labute approximate surface area is 148 Å². The van der Waals surface area contributed by atoms with Crippen LogP contribution in [-0.2, 0) is 19.1 Å². The van der Waals surface area contributed by atoms with Crippen molar-refractivity contribution >= 4 is 11.9 Å². The second-order valence-electron chi connectivity index (χ2n) is 6.43. The van der Waals surface area contributed by atoms with E-state index in [-0.39, 0.29) is 18.0 Å². The van der Waals surface area contributed by atoms with Gasteiger partial charge in [0.15, 0.2) is 0 Å². The maximum Gasteiger partial charge on any atom is 0.328 e. The smallest absolute Gasteiger partial charge is 0.328 e. The molecule has 2 atom stereocenters. The Hall–Kier alpha value is -1.92. The van der Waals surface area contributed by atoms with Crippen LogP contribution >= 0.6 is 0 Å². The van der Waals surface area contributed by atoms with Crippen molar-refractivity contribution in [2.45, 2.75) is 31.9 Å². The molecule has 2 aliphatic rings. The Kier molecular flexibility index (Phi) is 6.04. The third kappa shape index (κ3) is 4.19. The second-order valence-corrected chi connectivity index (χ2v) is 6.43. The minimum Gasteiger partial charge on any atom is -0.465 e. The Morgan fingerprint density at radius 3 is 2.52 bits per heavy atom. The molecule has 6 heteroatoms. The van der Waals surface area contributed by atoms with Gasteiger partial charge in [-0.1, -0.05) is 30.3 Å². The monoisotopic (exact) mass is 346 g/mol. The number of hydrogen-bond acceptors (Lipinski definition) is 5. The average molecular weight is 346 g/mol. The lowest BCUT2D eigenvalue weighted by Crippen LogP contribution is -2.53. The van der Waals surface area contributed by atoms with Gasteiger partial charge >= 0.3 is 5.97 Å². The van der Waals surface area contributed by atoms with Crippen LogP contribution in [0.2, 0.25) is 0 Å². The number of hydrogen-bond donors (Lipinski definition) is 0. The van der Waals surface area contributed by atoms with Gasteiger partial charge in [0.25, 0.3) is 5.91 Å². The van der Waals surface area contributed by atoms with Crippen LogP contribution in [-0.4, -0.2) is 67.2 Å². The number of piperazine rings is 1. The Balaban J connectivity index is 1.65. The fourth-order valence-corrected chi connectivity index (χ4v) is 3.53. The molecule has 1 aromatic rings. The molecule has 0 aromatic heterocycles. The first kappa shape index (κ1) is 17.9. The predicted octanol–water partition coefficient (Wildman–Crippen LogP) is 1.61. The second kappa shape index (κ2) is 8.45. The molecule has 0 saturated carbocycles. The van der Waals surface area contributed by atoms with Gasteiger partial charge in [-0.3, -0.25) is 9.69 Å². The maximum atomic E-state index is 12.5. The van der Waals surface area contributed by atoms with E-state index in [4.69, 9.17) is 9.47 Å². The first-order chi connectivity index (χ1) is 12.2. The number of carbonyl (C=O) groups is 2. The molecule has 25 heavy (non-hydrogen) atoms. The van der Waals surface area contributed by atoms with E-state index in [2.05, 4.69) is 4.90 Å². The van der Waals surface area contributed by atoms with E-state index in [1.807, 2.05) is 42.2 Å². The summed E-state index contributed by atoms with van der Waals surface area (Å²) in [6.45, 7) is 5.38. The van der Waals surface area contributed by atoms with Crippen LogP contribution in [0, 0.1) is 0 Å². The normalized spacial score (nSPS) is 22.6. The zero-order valence-corrected chi connectivity index (χ0v) is 14.7. The van der Waals surface area contributed by atoms with Crippen molar-refractivity contribution < 1.29 is 19.1 Å². The molecular weight excluding hydrogens is 320 g/mol. The molecule has 3 rings (SSSR count). The van der Waals surface area contributed by atoms with Gasteiger partial charge < -0.3 is 14.4 Å². The van der Waals surface area contributed by atoms with Crippen molar-refractivity contribution in [1.82, 2.24) is 9.80 Å². The highest BCUT2D eigenvalue weighted by Crippen LogP contribution is 2.24. The number of esters is 1. The summed E-state index contributed by atoms with van der Waals surface area (Å²) in [6, 6.07) is 9.28. The number of ether oxygens (including phenoxy) is 2. The van der Waals surface area contributed by atoms with E-state index in [0.717, 1.165) is 18.4 Å². The fourth-order valence-electron chi connectivity index (χ4n) is 3.53. The summed E-state index contributed by atoms with van der Waals surface area (Å²) in [4.78, 5) is 28.9. The lowest BCUT2D eigenvalue weighted by molar-refractivity contribution is -0.152. The predicted molar refractivity (Wildman–Crippen MR) is 92.9 cm³/mol. The van der Waals surface area contributed by atoms with Gasteiger partial charge in [-0.2, -0.15) is 0 Å². The van der Waals surface area contributed by atoms with Gasteiger partial charge in [0.05, 0.1) is 6.61 Å². The molecule has 2 aliphatic heterocycles. The van der Waals surface area contributed by atoms with Crippen LogP contribution in [0.25, 0.3) is 0 Å². The molecule has 1 aromatic carbocycles. The Morgan fingerprint density at radius 1 is 1.20 bits per heavy atom. The maximum absolute atomic E-state index is 12.5. The molecule has 0 spiro atoms. The minimum absolute atomic E-state index is 0.0875. The number of nitrogens with zero attached hydrogens (tertiary/aromatic N) is 2. The Morgan fingerprint density at radius 2 is 1.92 bits per heavy atom. The summed E-state index contributed by atoms with van der Waals surface area (Å²) >= 11 is 0. The van der Waals surface area contributed by atoms with Gasteiger partial charge in [0.1, 0.15) is 12.1 Å². The summed E-state index contributed by atoms with van der Waals surface area (Å²) in [7, 11) is 0. The van der Waals surface area contributed by atoms with Crippen molar-refractivity contribution in [3.63, 3.8) is 0 Å². The first-order valence-electron chi connectivity index (χ1n) is 9.06. The van der Waals surface area contributed by atoms with Crippen LogP contribution in [0.3, 0.4) is 0 Å². The largest absolute Gasteiger partial charge is 0.465 e. The molecule has 6 nitrogen and oxygen atoms in total. The van der Waals surface area contributed by atoms with Crippen LogP contribution in [0.4, 0.5) is 0 Å². The summed E-state index contributed by atoms with van der Waals surface area (Å²) in [5.41, 5.74) is 0.930. The highest BCUT2D eigenvalue weighted by atomic mass is 16.5. The summed E-state index contributed by atoms with van der Waals surface area (Å²) in [5.74, 6) is -0.142. The van der Waals surface area contributed by atoms with Gasteiger partial charge in [-0.25, -0.2) is 4.79 Å². The van der Waals surface area contributed by atoms with Crippen molar-refractivity contribution in [1.29, 1.82) is 0 Å². The molecule has 0 aliphatic carbocycles. The topological polar surface area (TPSA) is 59.1 Å². The van der Waals surface area contributed by atoms with Gasteiger partial charge in [0.2, 0.25) is 0 Å². The number of amides is 1. The fraction of sp³-hybridized carbons (Fsp3) is 0.579. The van der Waals surface area contributed by atoms with Crippen LogP contribution in [0.1, 0.15) is 31.4 Å². The minimum atomic E-state index is -0.416. The highest BCUT2D eigenvalue weighted by Gasteiger charge is 2.35. The lowest BCUT2D eigenvalue weighted by atomic mass is 10.0. The molecule has 2 heterocycles. The van der Waals surface area contributed by atoms with Gasteiger partial charge in [-0.05, 0) is 25.3 Å². The molecule has 0 N–H and O–H groups in total. The van der Waals surface area contributed by atoms with Crippen LogP contribution in [0.5, 0.6) is 0 Å². The van der Waals surface area contributed by atoms with Crippen LogP contribution in [0.15, 0.2) is 30.3 Å². The standard InChI is InChI=1S/C19H26N2O4/c1-2-24-19(23)17(15-7-4-3-5-8-15)20-10-12-21(13-11-20)18(22)16-9-6-14-25-16/h3-5,7-8,16-17H,2,6,9-14H2,1H3/t16-,17-/m0/s1. The number of rotatable bonds is 5. The third-order valence-corrected chi connectivity index (χ3v) is 4.82. The third-order valence-electron chi connectivity index (χ3n) is 4.82. The van der Waals surface area contributed by atoms with E-state index < -0.39 is 6.04 Å². The molecule has 1 amide bonds. The first-order valence-corrected chi connectivity index (χ1v) is 9.06. The molecule has 136 valence electrons. The molecule has 0 radical (unpaired) electrons. The average Bonchev–Trinajstić information content (AvgIpc) is 3.18. The van der Waals surface area contributed by atoms with E-state index in [1.165, 1.54) is 0 Å². The quantitative estimate of drug-likeness (QED) is 0.758. The van der Waals surface area contributed by atoms with Crippen LogP contribution < -0.4 is 0 Å². The number of carbonyl (C=O) groups excluding carboxylic acids is 2. The molecule has 0 unspecified atom stereocenters. The Bertz CT molecular complexity index is 578. The highest BCUT2D eigenvalue weighted by molar-refractivity contribution is 5.81. The van der Waals surface area contributed by atoms with Gasteiger partial charge in [-0.15, -0.1) is 0 Å². The summed E-state index contributed by atoms with van der Waals surface area (Å²) < 4.78 is 10.8. The van der Waals surface area contributed by atoms with Crippen molar-refractivity contribution in [3.8, 4) is 0 Å². The lowest BCUT2D eigenvalue weighted by Gasteiger charge is -2.39. The van der Waals surface area contributed by atoms with Crippen molar-refractivity contribution in [3.05, 3.63) is 35.9 Å². The van der Waals surface area contributed by atoms with E-state index in [9.17, 15) is 9.59 Å². The van der Waals surface area contributed by atoms with Crippen molar-refractivity contribution in [2.75, 3.05) is 39.4 Å².